The van der Waals surface area contributed by atoms with Crippen LogP contribution in [0.15, 0.2) is 36.6 Å². The molecule has 1 aromatic rings. The zero-order chi connectivity index (χ0) is 25.5. The number of phenols is 1. The van der Waals surface area contributed by atoms with Gasteiger partial charge in [-0.2, -0.15) is 0 Å². The topological polar surface area (TPSA) is 216 Å². The molecule has 0 radical (unpaired) electrons. The van der Waals surface area contributed by atoms with Crippen LogP contribution in [0.25, 0.3) is 0 Å². The van der Waals surface area contributed by atoms with Crippen LogP contribution in [0.5, 0.6) is 5.75 Å². The number of ether oxygens (including phenoxy) is 4. The molecule has 0 unspecified atom stereocenters. The molecule has 11 atom stereocenters. The molecule has 1 saturated heterocycles. The molecular weight excluding hydrogens is 472 g/mol. The van der Waals surface area contributed by atoms with Crippen LogP contribution in [-0.4, -0.2) is 115 Å². The minimum atomic E-state index is -2.28. The van der Waals surface area contributed by atoms with E-state index in [4.69, 9.17) is 18.9 Å². The maximum Gasteiger partial charge on any atom is 0.338 e. The molecule has 13 nitrogen and oxygen atoms in total. The predicted molar refractivity (Wildman–Crippen MR) is 111 cm³/mol. The standard InChI is InChI=1S/C22H28O13/c23-7-12-14(26)15(27)16(28)21(33-12)35-20-13-11(5-6-32-20)17(18(29)22(13,31)8-24)34-19(30)9-1-3-10(25)4-2-9/h1-6,11-18,20-21,23-29,31H,7-8H2/t11-,12-,13+,14+,15+,16+,17+,18+,20+,21-,22+/m0/s1. The summed E-state index contributed by atoms with van der Waals surface area (Å²) in [5.41, 5.74) is -2.22. The molecule has 8 N–H and O–H groups in total. The van der Waals surface area contributed by atoms with Gasteiger partial charge >= 0.3 is 5.97 Å². The van der Waals surface area contributed by atoms with E-state index in [0.717, 1.165) is 6.26 Å². The fourth-order valence-corrected chi connectivity index (χ4v) is 4.73. The van der Waals surface area contributed by atoms with Crippen molar-refractivity contribution in [3.8, 4) is 5.75 Å². The van der Waals surface area contributed by atoms with Crippen molar-refractivity contribution >= 4 is 5.97 Å². The van der Waals surface area contributed by atoms with E-state index in [0.29, 0.717) is 0 Å². The van der Waals surface area contributed by atoms with Gasteiger partial charge < -0.3 is 59.8 Å². The molecule has 0 amide bonds. The zero-order valence-corrected chi connectivity index (χ0v) is 18.3. The van der Waals surface area contributed by atoms with Gasteiger partial charge in [0.25, 0.3) is 0 Å². The highest BCUT2D eigenvalue weighted by molar-refractivity contribution is 5.89. The average molecular weight is 500 g/mol. The van der Waals surface area contributed by atoms with Crippen LogP contribution < -0.4 is 0 Å². The third-order valence-corrected chi connectivity index (χ3v) is 6.72. The van der Waals surface area contributed by atoms with Gasteiger partial charge in [-0.3, -0.25) is 0 Å². The first-order valence-electron chi connectivity index (χ1n) is 10.9. The van der Waals surface area contributed by atoms with Gasteiger partial charge in [0.15, 0.2) is 6.29 Å². The molecule has 1 aliphatic carbocycles. The van der Waals surface area contributed by atoms with Gasteiger partial charge in [-0.1, -0.05) is 0 Å². The molecule has 2 heterocycles. The number of aliphatic hydroxyl groups excluding tert-OH is 6. The van der Waals surface area contributed by atoms with Gasteiger partial charge in [0.1, 0.15) is 48.0 Å². The van der Waals surface area contributed by atoms with Crippen LogP contribution in [0.1, 0.15) is 10.4 Å². The molecule has 194 valence electrons. The van der Waals surface area contributed by atoms with Crippen molar-refractivity contribution in [3.63, 3.8) is 0 Å². The van der Waals surface area contributed by atoms with E-state index in [2.05, 4.69) is 0 Å². The third-order valence-electron chi connectivity index (χ3n) is 6.72. The second-order valence-corrected chi connectivity index (χ2v) is 8.78. The summed E-state index contributed by atoms with van der Waals surface area (Å²) in [6.07, 6.45) is -10.0. The number of aliphatic hydroxyl groups is 7. The van der Waals surface area contributed by atoms with Crippen molar-refractivity contribution in [2.45, 2.75) is 54.8 Å². The van der Waals surface area contributed by atoms with Crippen LogP contribution >= 0.6 is 0 Å². The molecule has 13 heteroatoms. The Morgan fingerprint density at radius 3 is 2.31 bits per heavy atom. The van der Waals surface area contributed by atoms with Crippen molar-refractivity contribution in [2.24, 2.45) is 11.8 Å². The third kappa shape index (κ3) is 4.50. The number of carbonyl (C=O) groups excluding carboxylic acids is 1. The van der Waals surface area contributed by atoms with E-state index in [9.17, 15) is 45.6 Å². The number of carbonyl (C=O) groups is 1. The highest BCUT2D eigenvalue weighted by Crippen LogP contribution is 2.48. The van der Waals surface area contributed by atoms with Crippen molar-refractivity contribution < 1.29 is 64.6 Å². The first-order chi connectivity index (χ1) is 16.6. The van der Waals surface area contributed by atoms with Crippen molar-refractivity contribution in [1.29, 1.82) is 0 Å². The second kappa shape index (κ2) is 9.97. The lowest BCUT2D eigenvalue weighted by Crippen LogP contribution is -2.61. The number of aromatic hydroxyl groups is 1. The van der Waals surface area contributed by atoms with E-state index >= 15 is 0 Å². The van der Waals surface area contributed by atoms with Crippen LogP contribution in [0.3, 0.4) is 0 Å². The van der Waals surface area contributed by atoms with E-state index in [1.807, 2.05) is 0 Å². The fraction of sp³-hybridized carbons (Fsp3) is 0.591. The highest BCUT2D eigenvalue weighted by Gasteiger charge is 2.65. The fourth-order valence-electron chi connectivity index (χ4n) is 4.73. The smallest absolute Gasteiger partial charge is 0.338 e. The molecule has 3 aliphatic rings. The quantitative estimate of drug-likeness (QED) is 0.182. The zero-order valence-electron chi connectivity index (χ0n) is 18.3. The number of hydrogen-bond donors (Lipinski definition) is 8. The van der Waals surface area contributed by atoms with Gasteiger partial charge in [-0.25, -0.2) is 4.79 Å². The Bertz CT molecular complexity index is 920. The number of fused-ring (bicyclic) bond motifs is 1. The molecule has 4 rings (SSSR count). The summed E-state index contributed by atoms with van der Waals surface area (Å²) in [6, 6.07) is 5.15. The first-order valence-corrected chi connectivity index (χ1v) is 10.9. The summed E-state index contributed by atoms with van der Waals surface area (Å²) in [6.45, 7) is -1.68. The summed E-state index contributed by atoms with van der Waals surface area (Å²) < 4.78 is 21.8. The number of benzene rings is 1. The van der Waals surface area contributed by atoms with Crippen molar-refractivity contribution in [2.75, 3.05) is 13.2 Å². The second-order valence-electron chi connectivity index (χ2n) is 8.78. The maximum absolute atomic E-state index is 12.6. The Labute approximate surface area is 199 Å². The summed E-state index contributed by atoms with van der Waals surface area (Å²) >= 11 is 0. The molecule has 2 aliphatic heterocycles. The molecule has 0 bridgehead atoms. The normalized spacial score (nSPS) is 42.8. The van der Waals surface area contributed by atoms with Gasteiger partial charge in [0, 0.05) is 5.92 Å². The Balaban J connectivity index is 1.57. The Morgan fingerprint density at radius 2 is 1.69 bits per heavy atom. The minimum Gasteiger partial charge on any atom is -0.508 e. The first kappa shape index (κ1) is 25.8. The monoisotopic (exact) mass is 500 g/mol. The number of hydrogen-bond acceptors (Lipinski definition) is 13. The summed E-state index contributed by atoms with van der Waals surface area (Å²) in [7, 11) is 0. The van der Waals surface area contributed by atoms with Crippen LogP contribution in [-0.2, 0) is 18.9 Å². The molecule has 1 saturated carbocycles. The highest BCUT2D eigenvalue weighted by atomic mass is 16.8. The maximum atomic E-state index is 12.6. The molecular formula is C22H28O13. The van der Waals surface area contributed by atoms with Gasteiger partial charge in [0.05, 0.1) is 31.0 Å². The largest absolute Gasteiger partial charge is 0.508 e. The number of esters is 1. The van der Waals surface area contributed by atoms with Crippen molar-refractivity contribution in [3.05, 3.63) is 42.2 Å². The van der Waals surface area contributed by atoms with E-state index in [-0.39, 0.29) is 11.3 Å². The summed E-state index contributed by atoms with van der Waals surface area (Å²) in [5.74, 6) is -3.09. The van der Waals surface area contributed by atoms with Gasteiger partial charge in [-0.15, -0.1) is 0 Å². The molecule has 2 fully saturated rings. The van der Waals surface area contributed by atoms with Gasteiger partial charge in [-0.05, 0) is 30.3 Å². The van der Waals surface area contributed by atoms with Crippen molar-refractivity contribution in [1.82, 2.24) is 0 Å². The van der Waals surface area contributed by atoms with E-state index in [1.54, 1.807) is 0 Å². The lowest BCUT2D eigenvalue weighted by Gasteiger charge is -2.43. The molecule has 0 spiro atoms. The average Bonchev–Trinajstić information content (AvgIpc) is 3.07. The lowest BCUT2D eigenvalue weighted by atomic mass is 9.83. The molecule has 35 heavy (non-hydrogen) atoms. The number of phenolic OH excluding ortho intramolecular Hbond substituents is 1. The Kier molecular flexibility index (Phi) is 7.33. The molecule has 0 aromatic heterocycles. The lowest BCUT2D eigenvalue weighted by molar-refractivity contribution is -0.348. The van der Waals surface area contributed by atoms with E-state index < -0.39 is 85.8 Å². The SMILES string of the molecule is O=C(O[C@@H]1[C@H]2C=CO[C@H](O[C@@H]3O[C@@H](CO)[C@@H](O)[C@@H](O)[C@H]3O)[C@@H]2[C@](O)(CO)[C@@H]1O)c1ccc(O)cc1. The van der Waals surface area contributed by atoms with Crippen LogP contribution in [0, 0.1) is 11.8 Å². The Morgan fingerprint density at radius 1 is 1.00 bits per heavy atom. The number of rotatable bonds is 6. The molecule has 1 aromatic carbocycles. The van der Waals surface area contributed by atoms with Crippen LogP contribution in [0.2, 0.25) is 0 Å². The summed E-state index contributed by atoms with van der Waals surface area (Å²) in [4.78, 5) is 12.6. The Hall–Kier alpha value is -2.33. The summed E-state index contributed by atoms with van der Waals surface area (Å²) in [5, 5.41) is 81.0. The van der Waals surface area contributed by atoms with E-state index in [1.165, 1.54) is 30.3 Å². The van der Waals surface area contributed by atoms with Crippen LogP contribution in [0.4, 0.5) is 0 Å². The minimum absolute atomic E-state index is 0.0659. The van der Waals surface area contributed by atoms with Gasteiger partial charge in [0.2, 0.25) is 6.29 Å². The predicted octanol–water partition coefficient (Wildman–Crippen LogP) is -3.07.